The Morgan fingerprint density at radius 2 is 1.83 bits per heavy atom. The van der Waals surface area contributed by atoms with Crippen molar-refractivity contribution in [3.8, 4) is 6.07 Å². The van der Waals surface area contributed by atoms with Gasteiger partial charge in [0.05, 0.1) is 11.5 Å². The Hall–Kier alpha value is -3.52. The Balaban J connectivity index is 1.95. The van der Waals surface area contributed by atoms with Gasteiger partial charge in [-0.15, -0.1) is 0 Å². The molecule has 0 bridgehead atoms. The number of nitriles is 1. The lowest BCUT2D eigenvalue weighted by atomic mass is 9.82. The zero-order valence-corrected chi connectivity index (χ0v) is 16.8. The van der Waals surface area contributed by atoms with Crippen molar-refractivity contribution < 1.29 is 14.3 Å². The standard InChI is InChI=1S/C24H24N2O3/c1-15(2)18-9-11-19(12-10-18)22-20(13-25)23(26)29-16(3)21(22)24(27)28-14-17-7-5-4-6-8-17/h4-12,15,22H,14,26H2,1-3H3. The van der Waals surface area contributed by atoms with Crippen LogP contribution in [0.5, 0.6) is 0 Å². The van der Waals surface area contributed by atoms with E-state index in [1.165, 1.54) is 5.56 Å². The molecule has 1 atom stereocenters. The highest BCUT2D eigenvalue weighted by atomic mass is 16.5. The third kappa shape index (κ3) is 4.33. The monoisotopic (exact) mass is 388 g/mol. The summed E-state index contributed by atoms with van der Waals surface area (Å²) >= 11 is 0. The quantitative estimate of drug-likeness (QED) is 0.755. The van der Waals surface area contributed by atoms with E-state index >= 15 is 0 Å². The highest BCUT2D eigenvalue weighted by Gasteiger charge is 2.36. The summed E-state index contributed by atoms with van der Waals surface area (Å²) in [6.45, 7) is 6.02. The van der Waals surface area contributed by atoms with E-state index in [0.717, 1.165) is 11.1 Å². The van der Waals surface area contributed by atoms with E-state index in [0.29, 0.717) is 17.3 Å². The molecule has 29 heavy (non-hydrogen) atoms. The lowest BCUT2D eigenvalue weighted by molar-refractivity contribution is -0.140. The molecule has 0 fully saturated rings. The molecule has 1 heterocycles. The van der Waals surface area contributed by atoms with Gasteiger partial charge in [0.1, 0.15) is 24.0 Å². The zero-order chi connectivity index (χ0) is 21.0. The van der Waals surface area contributed by atoms with Crippen molar-refractivity contribution in [2.45, 2.75) is 39.2 Å². The van der Waals surface area contributed by atoms with Crippen LogP contribution in [0, 0.1) is 11.3 Å². The van der Waals surface area contributed by atoms with Crippen molar-refractivity contribution in [1.82, 2.24) is 0 Å². The number of nitrogens with two attached hydrogens (primary N) is 1. The largest absolute Gasteiger partial charge is 0.457 e. The van der Waals surface area contributed by atoms with Gasteiger partial charge in [0.2, 0.25) is 5.88 Å². The first-order valence-electron chi connectivity index (χ1n) is 9.51. The minimum absolute atomic E-state index is 0.0162. The average molecular weight is 388 g/mol. The Labute approximate surface area is 171 Å². The molecule has 2 aromatic rings. The van der Waals surface area contributed by atoms with Crippen LogP contribution in [-0.4, -0.2) is 5.97 Å². The van der Waals surface area contributed by atoms with Crippen molar-refractivity contribution in [3.63, 3.8) is 0 Å². The van der Waals surface area contributed by atoms with E-state index in [9.17, 15) is 10.1 Å². The van der Waals surface area contributed by atoms with Crippen LogP contribution in [0.15, 0.2) is 77.4 Å². The maximum absolute atomic E-state index is 13.0. The molecule has 1 aliphatic heterocycles. The second kappa shape index (κ2) is 8.66. The SMILES string of the molecule is CC1=C(C(=O)OCc2ccccc2)C(c2ccc(C(C)C)cc2)C(C#N)=C(N)O1. The number of hydrogen-bond donors (Lipinski definition) is 1. The number of benzene rings is 2. The van der Waals surface area contributed by atoms with Gasteiger partial charge in [-0.1, -0.05) is 68.4 Å². The van der Waals surface area contributed by atoms with Gasteiger partial charge in [0.25, 0.3) is 0 Å². The molecule has 0 saturated carbocycles. The lowest BCUT2D eigenvalue weighted by Gasteiger charge is -2.27. The van der Waals surface area contributed by atoms with Crippen LogP contribution in [0.1, 0.15) is 49.3 Å². The van der Waals surface area contributed by atoms with Crippen molar-refractivity contribution in [1.29, 1.82) is 5.26 Å². The van der Waals surface area contributed by atoms with E-state index in [1.807, 2.05) is 54.6 Å². The molecule has 3 rings (SSSR count). The molecule has 2 N–H and O–H groups in total. The van der Waals surface area contributed by atoms with Crippen molar-refractivity contribution in [3.05, 3.63) is 94.1 Å². The van der Waals surface area contributed by atoms with E-state index in [1.54, 1.807) is 6.92 Å². The molecule has 5 heteroatoms. The number of carbonyl (C=O) groups is 1. The number of carbonyl (C=O) groups excluding carboxylic acids is 1. The van der Waals surface area contributed by atoms with E-state index in [4.69, 9.17) is 15.2 Å². The summed E-state index contributed by atoms with van der Waals surface area (Å²) in [5.74, 6) is -0.412. The third-order valence-electron chi connectivity index (χ3n) is 4.97. The fraction of sp³-hybridized carbons (Fsp3) is 0.250. The highest BCUT2D eigenvalue weighted by Crippen LogP contribution is 2.40. The number of nitrogens with zero attached hydrogens (tertiary/aromatic N) is 1. The number of rotatable bonds is 5. The fourth-order valence-electron chi connectivity index (χ4n) is 3.35. The summed E-state index contributed by atoms with van der Waals surface area (Å²) in [6.07, 6.45) is 0. The topological polar surface area (TPSA) is 85.3 Å². The first-order chi connectivity index (χ1) is 13.9. The molecular formula is C24H24N2O3. The third-order valence-corrected chi connectivity index (χ3v) is 4.97. The second-order valence-electron chi connectivity index (χ2n) is 7.28. The molecule has 0 spiro atoms. The van der Waals surface area contributed by atoms with Crippen LogP contribution >= 0.6 is 0 Å². The van der Waals surface area contributed by atoms with E-state index < -0.39 is 11.9 Å². The van der Waals surface area contributed by atoms with Gasteiger partial charge in [-0.25, -0.2) is 4.79 Å². The molecular weight excluding hydrogens is 364 g/mol. The second-order valence-corrected chi connectivity index (χ2v) is 7.28. The van der Waals surface area contributed by atoms with Crippen LogP contribution in [0.4, 0.5) is 0 Å². The maximum Gasteiger partial charge on any atom is 0.338 e. The summed E-state index contributed by atoms with van der Waals surface area (Å²) in [5.41, 5.74) is 9.31. The summed E-state index contributed by atoms with van der Waals surface area (Å²) in [7, 11) is 0. The van der Waals surface area contributed by atoms with Crippen LogP contribution in [-0.2, 0) is 20.9 Å². The minimum Gasteiger partial charge on any atom is -0.457 e. The summed E-state index contributed by atoms with van der Waals surface area (Å²) in [4.78, 5) is 13.0. The first kappa shape index (κ1) is 20.2. The summed E-state index contributed by atoms with van der Waals surface area (Å²) in [6, 6.07) is 19.4. The molecule has 2 aromatic carbocycles. The van der Waals surface area contributed by atoms with Crippen LogP contribution in [0.2, 0.25) is 0 Å². The molecule has 5 nitrogen and oxygen atoms in total. The normalized spacial score (nSPS) is 16.4. The van der Waals surface area contributed by atoms with Crippen LogP contribution in [0.3, 0.4) is 0 Å². The molecule has 0 aliphatic carbocycles. The summed E-state index contributed by atoms with van der Waals surface area (Å²) in [5, 5.41) is 9.69. The van der Waals surface area contributed by atoms with Gasteiger partial charge in [0, 0.05) is 0 Å². The smallest absolute Gasteiger partial charge is 0.338 e. The van der Waals surface area contributed by atoms with Crippen molar-refractivity contribution in [2.24, 2.45) is 5.73 Å². The summed E-state index contributed by atoms with van der Waals surface area (Å²) < 4.78 is 11.0. The Morgan fingerprint density at radius 1 is 1.17 bits per heavy atom. The molecule has 148 valence electrons. The van der Waals surface area contributed by atoms with Gasteiger partial charge in [-0.3, -0.25) is 0 Å². The van der Waals surface area contributed by atoms with Gasteiger partial charge in [-0.2, -0.15) is 5.26 Å². The van der Waals surface area contributed by atoms with Gasteiger partial charge in [0.15, 0.2) is 0 Å². The number of allylic oxidation sites excluding steroid dienone is 2. The predicted molar refractivity (Wildman–Crippen MR) is 110 cm³/mol. The van der Waals surface area contributed by atoms with Gasteiger partial charge in [-0.05, 0) is 29.5 Å². The maximum atomic E-state index is 13.0. The Kier molecular flexibility index (Phi) is 6.04. The Morgan fingerprint density at radius 3 is 2.41 bits per heavy atom. The molecule has 0 saturated heterocycles. The average Bonchev–Trinajstić information content (AvgIpc) is 2.72. The van der Waals surface area contributed by atoms with Crippen molar-refractivity contribution >= 4 is 5.97 Å². The van der Waals surface area contributed by atoms with Crippen LogP contribution < -0.4 is 5.73 Å². The molecule has 0 aromatic heterocycles. The zero-order valence-electron chi connectivity index (χ0n) is 16.8. The van der Waals surface area contributed by atoms with E-state index in [-0.39, 0.29) is 18.1 Å². The first-order valence-corrected chi connectivity index (χ1v) is 9.51. The molecule has 0 amide bonds. The molecule has 1 unspecified atom stereocenters. The van der Waals surface area contributed by atoms with Crippen molar-refractivity contribution in [2.75, 3.05) is 0 Å². The Bertz CT molecular complexity index is 997. The molecule has 1 aliphatic rings. The molecule has 0 radical (unpaired) electrons. The fourth-order valence-corrected chi connectivity index (χ4v) is 3.35. The number of hydrogen-bond acceptors (Lipinski definition) is 5. The van der Waals surface area contributed by atoms with Gasteiger partial charge >= 0.3 is 5.97 Å². The van der Waals surface area contributed by atoms with Gasteiger partial charge < -0.3 is 15.2 Å². The van der Waals surface area contributed by atoms with E-state index in [2.05, 4.69) is 19.9 Å². The predicted octanol–water partition coefficient (Wildman–Crippen LogP) is 4.64. The number of esters is 1. The highest BCUT2D eigenvalue weighted by molar-refractivity contribution is 5.92. The lowest BCUT2D eigenvalue weighted by Crippen LogP contribution is -2.25. The number of ether oxygens (including phenoxy) is 2. The minimum atomic E-state index is -0.627. The van der Waals surface area contributed by atoms with Crippen LogP contribution in [0.25, 0.3) is 0 Å².